The third-order valence-corrected chi connectivity index (χ3v) is 2.48. The molecule has 0 radical (unpaired) electrons. The monoisotopic (exact) mass is 227 g/mol. The van der Waals surface area contributed by atoms with Crippen LogP contribution in [-0.2, 0) is 11.3 Å². The SMILES string of the molecule is COCCN(CCO)CCCn1ccnc1. The number of imidazole rings is 1. The van der Waals surface area contributed by atoms with Crippen molar-refractivity contribution in [3.63, 3.8) is 0 Å². The van der Waals surface area contributed by atoms with Gasteiger partial charge >= 0.3 is 0 Å². The fourth-order valence-corrected chi connectivity index (χ4v) is 1.59. The van der Waals surface area contributed by atoms with E-state index in [1.807, 2.05) is 12.5 Å². The van der Waals surface area contributed by atoms with E-state index in [0.717, 1.165) is 26.1 Å². The number of aliphatic hydroxyl groups excluding tert-OH is 1. The number of hydrogen-bond donors (Lipinski definition) is 1. The maximum absolute atomic E-state index is 8.92. The first-order chi connectivity index (χ1) is 7.86. The van der Waals surface area contributed by atoms with Crippen LogP contribution >= 0.6 is 0 Å². The molecule has 0 saturated carbocycles. The molecule has 5 nitrogen and oxygen atoms in total. The molecule has 0 aliphatic heterocycles. The van der Waals surface area contributed by atoms with Crippen molar-refractivity contribution in [3.05, 3.63) is 18.7 Å². The number of hydrogen-bond acceptors (Lipinski definition) is 4. The predicted molar refractivity (Wildman–Crippen MR) is 62.2 cm³/mol. The second-order valence-electron chi connectivity index (χ2n) is 3.71. The smallest absolute Gasteiger partial charge is 0.0945 e. The average molecular weight is 227 g/mol. The van der Waals surface area contributed by atoms with Crippen LogP contribution in [0, 0.1) is 0 Å². The minimum atomic E-state index is 0.203. The molecule has 1 aromatic heterocycles. The van der Waals surface area contributed by atoms with Crippen LogP contribution in [0.15, 0.2) is 18.7 Å². The summed E-state index contributed by atoms with van der Waals surface area (Å²) in [5, 5.41) is 8.92. The molecule has 0 fully saturated rings. The molecule has 0 amide bonds. The summed E-state index contributed by atoms with van der Waals surface area (Å²) in [4.78, 5) is 6.20. The molecular weight excluding hydrogens is 206 g/mol. The van der Waals surface area contributed by atoms with Gasteiger partial charge in [0.15, 0.2) is 0 Å². The van der Waals surface area contributed by atoms with Gasteiger partial charge in [0, 0.05) is 45.7 Å². The van der Waals surface area contributed by atoms with Gasteiger partial charge in [0.1, 0.15) is 0 Å². The third kappa shape index (κ3) is 5.25. The zero-order chi connectivity index (χ0) is 11.6. The molecule has 1 rings (SSSR count). The fraction of sp³-hybridized carbons (Fsp3) is 0.727. The first-order valence-electron chi connectivity index (χ1n) is 5.64. The number of aryl methyl sites for hydroxylation is 1. The van der Waals surface area contributed by atoms with E-state index in [9.17, 15) is 0 Å². The van der Waals surface area contributed by atoms with Gasteiger partial charge in [0.05, 0.1) is 19.5 Å². The Hall–Kier alpha value is -0.910. The van der Waals surface area contributed by atoms with Crippen molar-refractivity contribution < 1.29 is 9.84 Å². The second-order valence-corrected chi connectivity index (χ2v) is 3.71. The molecule has 5 heteroatoms. The molecule has 0 aliphatic carbocycles. The van der Waals surface area contributed by atoms with Crippen molar-refractivity contribution >= 4 is 0 Å². The summed E-state index contributed by atoms with van der Waals surface area (Å²) in [6, 6.07) is 0. The number of aliphatic hydroxyl groups is 1. The first kappa shape index (κ1) is 13.2. The molecule has 0 bridgehead atoms. The van der Waals surface area contributed by atoms with Gasteiger partial charge in [0.25, 0.3) is 0 Å². The summed E-state index contributed by atoms with van der Waals surface area (Å²) < 4.78 is 7.10. The molecule has 0 aromatic carbocycles. The van der Waals surface area contributed by atoms with Gasteiger partial charge in [-0.3, -0.25) is 4.90 Å². The minimum absolute atomic E-state index is 0.203. The van der Waals surface area contributed by atoms with Crippen LogP contribution in [0.2, 0.25) is 0 Å². The van der Waals surface area contributed by atoms with Crippen molar-refractivity contribution in [3.8, 4) is 0 Å². The highest BCUT2D eigenvalue weighted by atomic mass is 16.5. The van der Waals surface area contributed by atoms with Gasteiger partial charge in [-0.15, -0.1) is 0 Å². The van der Waals surface area contributed by atoms with Gasteiger partial charge in [-0.1, -0.05) is 0 Å². The van der Waals surface area contributed by atoms with Crippen LogP contribution in [0.3, 0.4) is 0 Å². The maximum Gasteiger partial charge on any atom is 0.0945 e. The number of methoxy groups -OCH3 is 1. The van der Waals surface area contributed by atoms with Crippen LogP contribution in [0.4, 0.5) is 0 Å². The highest BCUT2D eigenvalue weighted by Crippen LogP contribution is 1.95. The van der Waals surface area contributed by atoms with Crippen LogP contribution in [0.1, 0.15) is 6.42 Å². The first-order valence-corrected chi connectivity index (χ1v) is 5.64. The predicted octanol–water partition coefficient (Wildman–Crippen LogP) is 0.214. The molecule has 0 spiro atoms. The van der Waals surface area contributed by atoms with Crippen molar-refractivity contribution in [1.82, 2.24) is 14.5 Å². The molecule has 0 unspecified atom stereocenters. The lowest BCUT2D eigenvalue weighted by atomic mass is 10.3. The van der Waals surface area contributed by atoms with E-state index < -0.39 is 0 Å². The topological polar surface area (TPSA) is 50.5 Å². The standard InChI is InChI=1S/C11H21N3O2/c1-16-10-8-13(7-9-15)4-2-5-14-6-3-12-11-14/h3,6,11,15H,2,4-5,7-10H2,1H3. The van der Waals surface area contributed by atoms with Crippen LogP contribution < -0.4 is 0 Å². The zero-order valence-corrected chi connectivity index (χ0v) is 9.88. The highest BCUT2D eigenvalue weighted by Gasteiger charge is 2.03. The summed E-state index contributed by atoms with van der Waals surface area (Å²) in [5.74, 6) is 0. The van der Waals surface area contributed by atoms with Gasteiger partial charge in [0.2, 0.25) is 0 Å². The molecule has 0 aliphatic rings. The minimum Gasteiger partial charge on any atom is -0.395 e. The van der Waals surface area contributed by atoms with Gasteiger partial charge in [-0.25, -0.2) is 4.98 Å². The van der Waals surface area contributed by atoms with Gasteiger partial charge in [-0.2, -0.15) is 0 Å². The van der Waals surface area contributed by atoms with Gasteiger partial charge < -0.3 is 14.4 Å². The maximum atomic E-state index is 8.92. The van der Waals surface area contributed by atoms with E-state index >= 15 is 0 Å². The lowest BCUT2D eigenvalue weighted by molar-refractivity contribution is 0.129. The van der Waals surface area contributed by atoms with Crippen molar-refractivity contribution in [2.24, 2.45) is 0 Å². The summed E-state index contributed by atoms with van der Waals surface area (Å²) in [7, 11) is 1.70. The quantitative estimate of drug-likeness (QED) is 0.655. The van der Waals surface area contributed by atoms with Crippen molar-refractivity contribution in [2.75, 3.05) is 40.0 Å². The van der Waals surface area contributed by atoms with E-state index in [0.29, 0.717) is 13.2 Å². The molecule has 1 N–H and O–H groups in total. The van der Waals surface area contributed by atoms with E-state index in [1.54, 1.807) is 13.3 Å². The second kappa shape index (κ2) is 8.27. The lowest BCUT2D eigenvalue weighted by Gasteiger charge is -2.20. The number of rotatable bonds is 9. The summed E-state index contributed by atoms with van der Waals surface area (Å²) in [6.07, 6.45) is 6.63. The number of aromatic nitrogens is 2. The molecule has 1 heterocycles. The molecule has 1 aromatic rings. The Kier molecular flexibility index (Phi) is 6.80. The fourth-order valence-electron chi connectivity index (χ4n) is 1.59. The Morgan fingerprint density at radius 2 is 2.25 bits per heavy atom. The highest BCUT2D eigenvalue weighted by molar-refractivity contribution is 4.74. The molecule has 92 valence electrons. The zero-order valence-electron chi connectivity index (χ0n) is 9.88. The van der Waals surface area contributed by atoms with E-state index in [1.165, 1.54) is 0 Å². The lowest BCUT2D eigenvalue weighted by Crippen LogP contribution is -2.31. The Morgan fingerprint density at radius 3 is 2.88 bits per heavy atom. The largest absolute Gasteiger partial charge is 0.395 e. The van der Waals surface area contributed by atoms with E-state index in [-0.39, 0.29) is 6.61 Å². The van der Waals surface area contributed by atoms with Crippen molar-refractivity contribution in [2.45, 2.75) is 13.0 Å². The van der Waals surface area contributed by atoms with E-state index in [2.05, 4.69) is 14.5 Å². The normalized spacial score (nSPS) is 11.2. The summed E-state index contributed by atoms with van der Waals surface area (Å²) >= 11 is 0. The molecule has 16 heavy (non-hydrogen) atoms. The molecular formula is C11H21N3O2. The van der Waals surface area contributed by atoms with Crippen LogP contribution in [0.5, 0.6) is 0 Å². The van der Waals surface area contributed by atoms with E-state index in [4.69, 9.17) is 9.84 Å². The molecule has 0 atom stereocenters. The van der Waals surface area contributed by atoms with Crippen molar-refractivity contribution in [1.29, 1.82) is 0 Å². The Labute approximate surface area is 96.7 Å². The number of ether oxygens (including phenoxy) is 1. The van der Waals surface area contributed by atoms with Crippen LogP contribution in [-0.4, -0.2) is 59.5 Å². The number of nitrogens with zero attached hydrogens (tertiary/aromatic N) is 3. The average Bonchev–Trinajstić information content (AvgIpc) is 2.79. The Morgan fingerprint density at radius 1 is 1.38 bits per heavy atom. The van der Waals surface area contributed by atoms with Crippen LogP contribution in [0.25, 0.3) is 0 Å². The summed E-state index contributed by atoms with van der Waals surface area (Å²) in [5.41, 5.74) is 0. The molecule has 0 saturated heterocycles. The van der Waals surface area contributed by atoms with Gasteiger partial charge in [-0.05, 0) is 6.42 Å². The Bertz CT molecular complexity index is 252. The third-order valence-electron chi connectivity index (χ3n) is 2.48. The summed E-state index contributed by atoms with van der Waals surface area (Å²) in [6.45, 7) is 4.45. The Balaban J connectivity index is 2.15.